The number of nitrogens with one attached hydrogen (secondary N) is 1. The van der Waals surface area contributed by atoms with E-state index < -0.39 is 12.1 Å². The molecule has 2 aromatic rings. The summed E-state index contributed by atoms with van der Waals surface area (Å²) >= 11 is 0. The third kappa shape index (κ3) is 4.83. The standard InChI is InChI=1S/C20H23NO4/c1-13-9-10-14(2)18(11-13)24-12-16-7-5-6-8-17(16)19(20(23)21-4)25-15(3)22/h5-11,19H,12H2,1-4H3,(H,21,23). The smallest absolute Gasteiger partial charge is 0.303 e. The van der Waals surface area contributed by atoms with Crippen molar-refractivity contribution < 1.29 is 19.1 Å². The van der Waals surface area contributed by atoms with Crippen molar-refractivity contribution in [3.63, 3.8) is 0 Å². The Labute approximate surface area is 148 Å². The second-order valence-corrected chi connectivity index (χ2v) is 5.86. The quantitative estimate of drug-likeness (QED) is 0.819. The van der Waals surface area contributed by atoms with Crippen molar-refractivity contribution in [2.45, 2.75) is 33.5 Å². The first-order chi connectivity index (χ1) is 11.9. The molecule has 0 aromatic heterocycles. The van der Waals surface area contributed by atoms with Crippen LogP contribution in [-0.4, -0.2) is 18.9 Å². The Bertz CT molecular complexity index is 770. The fourth-order valence-electron chi connectivity index (χ4n) is 2.50. The van der Waals surface area contributed by atoms with Crippen LogP contribution in [0, 0.1) is 13.8 Å². The lowest BCUT2D eigenvalue weighted by Crippen LogP contribution is -2.29. The minimum Gasteiger partial charge on any atom is -0.489 e. The average molecular weight is 341 g/mol. The van der Waals surface area contributed by atoms with E-state index in [2.05, 4.69) is 5.32 Å². The molecule has 0 bridgehead atoms. The Morgan fingerprint density at radius 2 is 1.84 bits per heavy atom. The predicted molar refractivity (Wildman–Crippen MR) is 95.3 cm³/mol. The molecule has 0 saturated heterocycles. The molecule has 132 valence electrons. The molecule has 0 aliphatic rings. The van der Waals surface area contributed by atoms with Crippen LogP contribution in [0.25, 0.3) is 0 Å². The van der Waals surface area contributed by atoms with E-state index in [1.165, 1.54) is 14.0 Å². The Morgan fingerprint density at radius 3 is 2.52 bits per heavy atom. The normalized spacial score (nSPS) is 11.5. The molecule has 0 fully saturated rings. The van der Waals surface area contributed by atoms with Gasteiger partial charge in [0, 0.05) is 19.5 Å². The van der Waals surface area contributed by atoms with E-state index in [1.54, 1.807) is 12.1 Å². The van der Waals surface area contributed by atoms with Gasteiger partial charge in [-0.3, -0.25) is 9.59 Å². The summed E-state index contributed by atoms with van der Waals surface area (Å²) in [6.45, 7) is 5.54. The van der Waals surface area contributed by atoms with E-state index in [4.69, 9.17) is 9.47 Å². The lowest BCUT2D eigenvalue weighted by Gasteiger charge is -2.19. The summed E-state index contributed by atoms with van der Waals surface area (Å²) in [6.07, 6.45) is -0.999. The number of benzene rings is 2. The second-order valence-electron chi connectivity index (χ2n) is 5.86. The number of esters is 1. The number of hydrogen-bond donors (Lipinski definition) is 1. The van der Waals surface area contributed by atoms with Crippen molar-refractivity contribution in [2.24, 2.45) is 0 Å². The van der Waals surface area contributed by atoms with Gasteiger partial charge in [-0.15, -0.1) is 0 Å². The Morgan fingerprint density at radius 1 is 1.12 bits per heavy atom. The number of carbonyl (C=O) groups is 2. The minimum atomic E-state index is -0.999. The Balaban J connectivity index is 2.28. The zero-order chi connectivity index (χ0) is 18.4. The number of rotatable bonds is 6. The van der Waals surface area contributed by atoms with Gasteiger partial charge < -0.3 is 14.8 Å². The van der Waals surface area contributed by atoms with Gasteiger partial charge in [0.05, 0.1) is 0 Å². The molecule has 2 aromatic carbocycles. The molecule has 0 saturated carbocycles. The lowest BCUT2D eigenvalue weighted by molar-refractivity contribution is -0.154. The molecule has 0 radical (unpaired) electrons. The number of amides is 1. The van der Waals surface area contributed by atoms with Crippen LogP contribution >= 0.6 is 0 Å². The van der Waals surface area contributed by atoms with E-state index in [1.807, 2.05) is 44.2 Å². The first-order valence-electron chi connectivity index (χ1n) is 8.09. The van der Waals surface area contributed by atoms with Gasteiger partial charge in [-0.2, -0.15) is 0 Å². The van der Waals surface area contributed by atoms with E-state index in [9.17, 15) is 9.59 Å². The summed E-state index contributed by atoms with van der Waals surface area (Å²) in [5.74, 6) is -0.105. The maximum atomic E-state index is 12.1. The topological polar surface area (TPSA) is 64.6 Å². The van der Waals surface area contributed by atoms with Crippen LogP contribution < -0.4 is 10.1 Å². The Hall–Kier alpha value is -2.82. The molecule has 1 N–H and O–H groups in total. The van der Waals surface area contributed by atoms with Crippen LogP contribution in [-0.2, 0) is 20.9 Å². The molecule has 5 heteroatoms. The van der Waals surface area contributed by atoms with Gasteiger partial charge in [0.2, 0.25) is 6.10 Å². The van der Waals surface area contributed by atoms with Gasteiger partial charge in [0.25, 0.3) is 5.91 Å². The maximum absolute atomic E-state index is 12.1. The minimum absolute atomic E-state index is 0.273. The fourth-order valence-corrected chi connectivity index (χ4v) is 2.50. The molecule has 1 unspecified atom stereocenters. The molecule has 0 spiro atoms. The van der Waals surface area contributed by atoms with Crippen LogP contribution in [0.15, 0.2) is 42.5 Å². The first-order valence-corrected chi connectivity index (χ1v) is 8.09. The van der Waals surface area contributed by atoms with Gasteiger partial charge in [0.1, 0.15) is 12.4 Å². The van der Waals surface area contributed by atoms with Crippen molar-refractivity contribution in [3.05, 3.63) is 64.7 Å². The van der Waals surface area contributed by atoms with Crippen molar-refractivity contribution in [1.29, 1.82) is 0 Å². The number of likely N-dealkylation sites (N-methyl/N-ethyl adjacent to an activating group) is 1. The van der Waals surface area contributed by atoms with Gasteiger partial charge in [-0.25, -0.2) is 0 Å². The average Bonchev–Trinajstić information content (AvgIpc) is 2.60. The summed E-state index contributed by atoms with van der Waals surface area (Å²) in [6, 6.07) is 13.3. The van der Waals surface area contributed by atoms with Gasteiger partial charge in [0.15, 0.2) is 0 Å². The highest BCUT2D eigenvalue weighted by atomic mass is 16.5. The largest absolute Gasteiger partial charge is 0.489 e. The number of ether oxygens (including phenoxy) is 2. The molecule has 1 atom stereocenters. The number of aryl methyl sites for hydroxylation is 2. The fraction of sp³-hybridized carbons (Fsp3) is 0.300. The SMILES string of the molecule is CNC(=O)C(OC(C)=O)c1ccccc1COc1cc(C)ccc1C. The molecular weight excluding hydrogens is 318 g/mol. The molecule has 25 heavy (non-hydrogen) atoms. The lowest BCUT2D eigenvalue weighted by atomic mass is 10.0. The van der Waals surface area contributed by atoms with Crippen molar-refractivity contribution in [2.75, 3.05) is 7.05 Å². The van der Waals surface area contributed by atoms with E-state index in [0.29, 0.717) is 5.56 Å². The number of carbonyl (C=O) groups excluding carboxylic acids is 2. The summed E-state index contributed by atoms with van der Waals surface area (Å²) in [7, 11) is 1.51. The van der Waals surface area contributed by atoms with Crippen LogP contribution in [0.5, 0.6) is 5.75 Å². The highest BCUT2D eigenvalue weighted by Crippen LogP contribution is 2.25. The van der Waals surface area contributed by atoms with Crippen molar-refractivity contribution in [1.82, 2.24) is 5.32 Å². The summed E-state index contributed by atoms with van der Waals surface area (Å²) in [5, 5.41) is 2.53. The summed E-state index contributed by atoms with van der Waals surface area (Å²) in [4.78, 5) is 23.5. The third-order valence-corrected chi connectivity index (χ3v) is 3.83. The van der Waals surface area contributed by atoms with Gasteiger partial charge in [-0.1, -0.05) is 36.4 Å². The molecule has 0 aliphatic heterocycles. The molecule has 2 rings (SSSR count). The maximum Gasteiger partial charge on any atom is 0.303 e. The Kier molecular flexibility index (Phi) is 6.17. The van der Waals surface area contributed by atoms with Crippen LogP contribution in [0.4, 0.5) is 0 Å². The molecule has 5 nitrogen and oxygen atoms in total. The first kappa shape index (κ1) is 18.5. The second kappa shape index (κ2) is 8.33. The van der Waals surface area contributed by atoms with Gasteiger partial charge >= 0.3 is 5.97 Å². The van der Waals surface area contributed by atoms with E-state index >= 15 is 0 Å². The van der Waals surface area contributed by atoms with Crippen molar-refractivity contribution in [3.8, 4) is 5.75 Å². The zero-order valence-electron chi connectivity index (χ0n) is 15.0. The molecule has 0 aliphatic carbocycles. The number of hydrogen-bond acceptors (Lipinski definition) is 4. The van der Waals surface area contributed by atoms with E-state index in [-0.39, 0.29) is 12.5 Å². The summed E-state index contributed by atoms with van der Waals surface area (Å²) < 4.78 is 11.2. The van der Waals surface area contributed by atoms with Crippen LogP contribution in [0.1, 0.15) is 35.3 Å². The molecule has 1 amide bonds. The van der Waals surface area contributed by atoms with Crippen LogP contribution in [0.2, 0.25) is 0 Å². The van der Waals surface area contributed by atoms with Crippen molar-refractivity contribution >= 4 is 11.9 Å². The monoisotopic (exact) mass is 341 g/mol. The molecular formula is C20H23NO4. The summed E-state index contributed by atoms with van der Waals surface area (Å²) in [5.41, 5.74) is 3.54. The molecule has 0 heterocycles. The van der Waals surface area contributed by atoms with E-state index in [0.717, 1.165) is 22.4 Å². The zero-order valence-corrected chi connectivity index (χ0v) is 15.0. The highest BCUT2D eigenvalue weighted by molar-refractivity contribution is 5.84. The van der Waals surface area contributed by atoms with Gasteiger partial charge in [-0.05, 0) is 36.6 Å². The third-order valence-electron chi connectivity index (χ3n) is 3.83. The predicted octanol–water partition coefficient (Wildman–Crippen LogP) is 3.23. The van der Waals surface area contributed by atoms with Crippen LogP contribution in [0.3, 0.4) is 0 Å². The highest BCUT2D eigenvalue weighted by Gasteiger charge is 2.25.